The van der Waals surface area contributed by atoms with Gasteiger partial charge in [-0.05, 0) is 37.1 Å². The van der Waals surface area contributed by atoms with Crippen LogP contribution in [0.2, 0.25) is 5.02 Å². The van der Waals surface area contributed by atoms with Crippen LogP contribution >= 0.6 is 35.6 Å². The molecule has 1 atom stereocenters. The van der Waals surface area contributed by atoms with Crippen LogP contribution in [0.25, 0.3) is 0 Å². The molecule has 0 aromatic heterocycles. The van der Waals surface area contributed by atoms with Gasteiger partial charge in [-0.3, -0.25) is 4.79 Å². The Morgan fingerprint density at radius 3 is 2.65 bits per heavy atom. The van der Waals surface area contributed by atoms with Gasteiger partial charge in [0.05, 0.1) is 0 Å². The molecule has 1 heterocycles. The first kappa shape index (κ1) is 22.8. The molecule has 0 bridgehead atoms. The summed E-state index contributed by atoms with van der Waals surface area (Å²) < 4.78 is 0. The van der Waals surface area contributed by atoms with Gasteiger partial charge < -0.3 is 20.4 Å². The van der Waals surface area contributed by atoms with Gasteiger partial charge in [-0.15, -0.1) is 24.0 Å². The summed E-state index contributed by atoms with van der Waals surface area (Å²) in [5.74, 6) is 0.701. The number of anilines is 1. The highest BCUT2D eigenvalue weighted by Crippen LogP contribution is 2.22. The van der Waals surface area contributed by atoms with Crippen molar-refractivity contribution in [3.05, 3.63) is 29.3 Å². The number of benzene rings is 1. The van der Waals surface area contributed by atoms with Crippen LogP contribution in [0, 0.1) is 0 Å². The molecular weight excluding hydrogens is 465 g/mol. The second-order valence-corrected chi connectivity index (χ2v) is 6.87. The van der Waals surface area contributed by atoms with Crippen LogP contribution in [0.4, 0.5) is 5.69 Å². The number of likely N-dealkylation sites (N-methyl/N-ethyl adjacent to an activating group) is 1. The zero-order valence-electron chi connectivity index (χ0n) is 15.7. The van der Waals surface area contributed by atoms with E-state index in [0.717, 1.165) is 37.5 Å². The van der Waals surface area contributed by atoms with Crippen LogP contribution < -0.4 is 15.5 Å². The second-order valence-electron chi connectivity index (χ2n) is 6.43. The fourth-order valence-electron chi connectivity index (χ4n) is 2.64. The van der Waals surface area contributed by atoms with Crippen molar-refractivity contribution in [3.63, 3.8) is 0 Å². The van der Waals surface area contributed by atoms with Crippen LogP contribution in [0.5, 0.6) is 0 Å². The molecule has 1 unspecified atom stereocenters. The van der Waals surface area contributed by atoms with Crippen molar-refractivity contribution in [2.45, 2.75) is 25.8 Å². The third kappa shape index (κ3) is 7.19. The topological polar surface area (TPSA) is 60.0 Å². The lowest BCUT2D eigenvalue weighted by Crippen LogP contribution is -2.45. The number of aliphatic imine (C=N–C) groups is 1. The number of carbonyl (C=O) groups excluding carboxylic acids is 1. The lowest BCUT2D eigenvalue weighted by molar-refractivity contribution is -0.127. The summed E-state index contributed by atoms with van der Waals surface area (Å²) in [4.78, 5) is 20.1. The smallest absolute Gasteiger partial charge is 0.243 e. The minimum atomic E-state index is -0.00758. The number of amides is 1. The predicted octanol–water partition coefficient (Wildman–Crippen LogP) is 2.57. The lowest BCUT2D eigenvalue weighted by Gasteiger charge is -2.20. The molecular formula is C18H29ClIN5O. The quantitative estimate of drug-likeness (QED) is 0.363. The van der Waals surface area contributed by atoms with E-state index in [0.29, 0.717) is 12.0 Å². The Hall–Kier alpha value is -1.22. The second kappa shape index (κ2) is 11.5. The first-order valence-electron chi connectivity index (χ1n) is 8.75. The molecule has 6 nitrogen and oxygen atoms in total. The predicted molar refractivity (Wildman–Crippen MR) is 120 cm³/mol. The van der Waals surface area contributed by atoms with Gasteiger partial charge in [0.2, 0.25) is 5.91 Å². The molecule has 146 valence electrons. The molecule has 26 heavy (non-hydrogen) atoms. The molecule has 0 radical (unpaired) electrons. The number of nitrogens with one attached hydrogen (secondary N) is 2. The number of rotatable bonds is 6. The van der Waals surface area contributed by atoms with Crippen molar-refractivity contribution in [1.29, 1.82) is 0 Å². The molecule has 1 saturated heterocycles. The number of nitrogens with zero attached hydrogens (tertiary/aromatic N) is 3. The maximum Gasteiger partial charge on any atom is 0.243 e. The molecule has 0 spiro atoms. The summed E-state index contributed by atoms with van der Waals surface area (Å²) in [6.45, 7) is 4.97. The average Bonchev–Trinajstić information content (AvgIpc) is 3.06. The first-order chi connectivity index (χ1) is 12.0. The standard InChI is InChI=1S/C18H28ClN5O.HI/c1-4-10-20-18(21-12-17(25)23(2)3)22-15-9-11-24(13-15)16-7-5-14(19)6-8-16;/h5-8,15H,4,9-13H2,1-3H3,(H2,20,21,22);1H. The molecule has 2 N–H and O–H groups in total. The van der Waals surface area contributed by atoms with E-state index >= 15 is 0 Å². The van der Waals surface area contributed by atoms with Gasteiger partial charge in [0.25, 0.3) is 0 Å². The minimum Gasteiger partial charge on any atom is -0.369 e. The molecule has 0 saturated carbocycles. The van der Waals surface area contributed by atoms with Crippen molar-refractivity contribution >= 4 is 53.1 Å². The van der Waals surface area contributed by atoms with Crippen molar-refractivity contribution in [2.75, 3.05) is 45.2 Å². The van der Waals surface area contributed by atoms with E-state index in [9.17, 15) is 4.79 Å². The van der Waals surface area contributed by atoms with Crippen LogP contribution in [-0.4, -0.2) is 63.1 Å². The van der Waals surface area contributed by atoms with Crippen LogP contribution in [-0.2, 0) is 4.79 Å². The van der Waals surface area contributed by atoms with Crippen molar-refractivity contribution < 1.29 is 4.79 Å². The number of halogens is 2. The Morgan fingerprint density at radius 2 is 2.04 bits per heavy atom. The number of hydrogen-bond donors (Lipinski definition) is 2. The lowest BCUT2D eigenvalue weighted by atomic mass is 10.2. The van der Waals surface area contributed by atoms with E-state index in [1.54, 1.807) is 19.0 Å². The highest BCUT2D eigenvalue weighted by atomic mass is 127. The molecule has 1 aromatic carbocycles. The van der Waals surface area contributed by atoms with Crippen LogP contribution in [0.15, 0.2) is 29.3 Å². The Bertz CT molecular complexity index is 594. The molecule has 2 rings (SSSR count). The fourth-order valence-corrected chi connectivity index (χ4v) is 2.77. The zero-order valence-corrected chi connectivity index (χ0v) is 18.8. The fraction of sp³-hybridized carbons (Fsp3) is 0.556. The molecule has 1 aliphatic rings. The Balaban J connectivity index is 0.00000338. The van der Waals surface area contributed by atoms with E-state index < -0.39 is 0 Å². The molecule has 0 aliphatic carbocycles. The number of carbonyl (C=O) groups is 1. The summed E-state index contributed by atoms with van der Waals surface area (Å²) in [6.07, 6.45) is 2.03. The summed E-state index contributed by atoms with van der Waals surface area (Å²) in [5, 5.41) is 7.49. The summed E-state index contributed by atoms with van der Waals surface area (Å²) >= 11 is 5.96. The van der Waals surface area contributed by atoms with Gasteiger partial charge in [0.15, 0.2) is 5.96 Å². The Labute approximate surface area is 178 Å². The Kier molecular flexibility index (Phi) is 10.1. The first-order valence-corrected chi connectivity index (χ1v) is 9.13. The van der Waals surface area contributed by atoms with Gasteiger partial charge in [0, 0.05) is 50.5 Å². The van der Waals surface area contributed by atoms with E-state index in [4.69, 9.17) is 11.6 Å². The molecule has 1 aromatic rings. The van der Waals surface area contributed by atoms with Gasteiger partial charge in [-0.25, -0.2) is 4.99 Å². The van der Waals surface area contributed by atoms with E-state index in [1.165, 1.54) is 5.69 Å². The highest BCUT2D eigenvalue weighted by molar-refractivity contribution is 14.0. The van der Waals surface area contributed by atoms with Crippen LogP contribution in [0.3, 0.4) is 0 Å². The van der Waals surface area contributed by atoms with Gasteiger partial charge in [-0.2, -0.15) is 0 Å². The average molecular weight is 494 g/mol. The summed E-state index contributed by atoms with van der Waals surface area (Å²) in [5.41, 5.74) is 1.18. The van der Waals surface area contributed by atoms with Crippen LogP contribution in [0.1, 0.15) is 19.8 Å². The number of guanidine groups is 1. The molecule has 1 aliphatic heterocycles. The molecule has 8 heteroatoms. The number of hydrogen-bond acceptors (Lipinski definition) is 3. The van der Waals surface area contributed by atoms with E-state index in [-0.39, 0.29) is 36.4 Å². The largest absolute Gasteiger partial charge is 0.369 e. The van der Waals surface area contributed by atoms with Crippen molar-refractivity contribution in [2.24, 2.45) is 4.99 Å². The van der Waals surface area contributed by atoms with E-state index in [2.05, 4.69) is 27.4 Å². The Morgan fingerprint density at radius 1 is 1.35 bits per heavy atom. The third-order valence-electron chi connectivity index (χ3n) is 4.13. The van der Waals surface area contributed by atoms with Crippen molar-refractivity contribution in [3.8, 4) is 0 Å². The monoisotopic (exact) mass is 493 g/mol. The normalized spacial score (nSPS) is 16.8. The highest BCUT2D eigenvalue weighted by Gasteiger charge is 2.23. The maximum absolute atomic E-state index is 11.8. The zero-order chi connectivity index (χ0) is 18.2. The summed E-state index contributed by atoms with van der Waals surface area (Å²) in [6, 6.07) is 8.23. The maximum atomic E-state index is 11.8. The molecule has 1 amide bonds. The van der Waals surface area contributed by atoms with Gasteiger partial charge in [-0.1, -0.05) is 18.5 Å². The van der Waals surface area contributed by atoms with Gasteiger partial charge in [0.1, 0.15) is 6.54 Å². The van der Waals surface area contributed by atoms with Gasteiger partial charge >= 0.3 is 0 Å². The summed E-state index contributed by atoms with van der Waals surface area (Å²) in [7, 11) is 3.48. The van der Waals surface area contributed by atoms with E-state index in [1.807, 2.05) is 24.3 Å². The minimum absolute atomic E-state index is 0. The van der Waals surface area contributed by atoms with Crippen molar-refractivity contribution in [1.82, 2.24) is 15.5 Å². The SMILES string of the molecule is CCCNC(=NCC(=O)N(C)C)NC1CCN(c2ccc(Cl)cc2)C1.I. The molecule has 1 fully saturated rings. The third-order valence-corrected chi connectivity index (χ3v) is 4.39.